The van der Waals surface area contributed by atoms with Crippen LogP contribution in [0.3, 0.4) is 0 Å². The quantitative estimate of drug-likeness (QED) is 0.572. The Hall–Kier alpha value is -0.200. The van der Waals surface area contributed by atoms with Gasteiger partial charge < -0.3 is 24.8 Å². The van der Waals surface area contributed by atoms with E-state index in [9.17, 15) is 5.11 Å². The molecule has 0 aromatic heterocycles. The van der Waals surface area contributed by atoms with Crippen LogP contribution in [-0.4, -0.2) is 75.8 Å². The number of likely N-dealkylation sites (tertiary alicyclic amines) is 1. The minimum atomic E-state index is -0.376. The maximum Gasteiger partial charge on any atom is 0.0900 e. The summed E-state index contributed by atoms with van der Waals surface area (Å²) >= 11 is 0. The highest BCUT2D eigenvalue weighted by atomic mass is 16.5. The highest BCUT2D eigenvalue weighted by molar-refractivity contribution is 4.91. The molecule has 0 aromatic rings. The first-order chi connectivity index (χ1) is 8.29. The molecule has 0 amide bonds. The minimum absolute atomic E-state index is 0.376. The summed E-state index contributed by atoms with van der Waals surface area (Å²) in [6.45, 7) is 6.81. The summed E-state index contributed by atoms with van der Waals surface area (Å²) in [5.41, 5.74) is 0. The molecule has 2 saturated heterocycles. The molecule has 2 aliphatic heterocycles. The van der Waals surface area contributed by atoms with Crippen LogP contribution in [0, 0.1) is 11.8 Å². The number of methoxy groups -OCH3 is 1. The number of ether oxygens (including phenoxy) is 2. The average Bonchev–Trinajstić information content (AvgIpc) is 2.84. The second-order valence-corrected chi connectivity index (χ2v) is 5.12. The third-order valence-electron chi connectivity index (χ3n) is 3.68. The molecule has 0 aliphatic carbocycles. The van der Waals surface area contributed by atoms with Crippen LogP contribution in [0.2, 0.25) is 0 Å². The van der Waals surface area contributed by atoms with Crippen molar-refractivity contribution in [2.24, 2.45) is 11.8 Å². The van der Waals surface area contributed by atoms with Crippen molar-refractivity contribution < 1.29 is 14.6 Å². The first kappa shape index (κ1) is 13.2. The van der Waals surface area contributed by atoms with Gasteiger partial charge in [0.05, 0.1) is 25.9 Å². The van der Waals surface area contributed by atoms with Crippen LogP contribution in [0.15, 0.2) is 0 Å². The Labute approximate surface area is 103 Å². The molecule has 0 aromatic carbocycles. The van der Waals surface area contributed by atoms with Gasteiger partial charge in [0, 0.05) is 26.7 Å². The van der Waals surface area contributed by atoms with Crippen LogP contribution in [0.4, 0.5) is 0 Å². The zero-order valence-corrected chi connectivity index (χ0v) is 10.6. The molecule has 0 bridgehead atoms. The van der Waals surface area contributed by atoms with Gasteiger partial charge in [0.2, 0.25) is 0 Å². The van der Waals surface area contributed by atoms with Gasteiger partial charge in [0.1, 0.15) is 0 Å². The molecule has 0 spiro atoms. The molecule has 5 nitrogen and oxygen atoms in total. The van der Waals surface area contributed by atoms with Gasteiger partial charge in [-0.25, -0.2) is 0 Å². The number of aliphatic hydroxyl groups is 1. The molecule has 2 heterocycles. The fraction of sp³-hybridized carbons (Fsp3) is 1.00. The summed E-state index contributed by atoms with van der Waals surface area (Å²) in [4.78, 5) is 2.36. The van der Waals surface area contributed by atoms with Crippen molar-refractivity contribution in [1.82, 2.24) is 10.2 Å². The highest BCUT2D eigenvalue weighted by Gasteiger charge is 2.36. The van der Waals surface area contributed by atoms with Crippen molar-refractivity contribution in [3.8, 4) is 0 Å². The van der Waals surface area contributed by atoms with Crippen LogP contribution < -0.4 is 5.32 Å². The number of rotatable bonds is 7. The van der Waals surface area contributed by atoms with E-state index in [1.807, 2.05) is 0 Å². The van der Waals surface area contributed by atoms with Gasteiger partial charge in [0.15, 0.2) is 0 Å². The maximum absolute atomic E-state index is 9.85. The summed E-state index contributed by atoms with van der Waals surface area (Å²) in [5, 5.41) is 13.3. The molecule has 0 saturated carbocycles. The SMILES string of the molecule is COCCOCC(O)CN1CC2CNCC2C1. The van der Waals surface area contributed by atoms with E-state index < -0.39 is 0 Å². The van der Waals surface area contributed by atoms with Crippen LogP contribution in [0.5, 0.6) is 0 Å². The van der Waals surface area contributed by atoms with Gasteiger partial charge in [0.25, 0.3) is 0 Å². The lowest BCUT2D eigenvalue weighted by molar-refractivity contribution is 0.00139. The number of hydrogen-bond donors (Lipinski definition) is 2. The Morgan fingerprint density at radius 2 is 2.00 bits per heavy atom. The van der Waals surface area contributed by atoms with Crippen molar-refractivity contribution in [3.63, 3.8) is 0 Å². The molecule has 2 aliphatic rings. The largest absolute Gasteiger partial charge is 0.389 e. The van der Waals surface area contributed by atoms with Gasteiger partial charge in [-0.1, -0.05) is 0 Å². The molecule has 2 fully saturated rings. The van der Waals surface area contributed by atoms with Gasteiger partial charge in [-0.15, -0.1) is 0 Å². The Morgan fingerprint density at radius 3 is 2.65 bits per heavy atom. The molecular formula is C12H24N2O3. The van der Waals surface area contributed by atoms with Crippen molar-refractivity contribution >= 4 is 0 Å². The van der Waals surface area contributed by atoms with Crippen molar-refractivity contribution in [3.05, 3.63) is 0 Å². The number of aliphatic hydroxyl groups excluding tert-OH is 1. The molecule has 2 rings (SSSR count). The normalized spacial score (nSPS) is 30.7. The molecule has 100 valence electrons. The molecule has 3 unspecified atom stereocenters. The number of hydrogen-bond acceptors (Lipinski definition) is 5. The molecule has 17 heavy (non-hydrogen) atoms. The number of nitrogens with one attached hydrogen (secondary N) is 1. The van der Waals surface area contributed by atoms with E-state index in [0.717, 1.165) is 44.6 Å². The lowest BCUT2D eigenvalue weighted by Crippen LogP contribution is -2.35. The van der Waals surface area contributed by atoms with Crippen molar-refractivity contribution in [2.45, 2.75) is 6.10 Å². The van der Waals surface area contributed by atoms with E-state index in [4.69, 9.17) is 9.47 Å². The van der Waals surface area contributed by atoms with Crippen molar-refractivity contribution in [1.29, 1.82) is 0 Å². The molecule has 5 heteroatoms. The van der Waals surface area contributed by atoms with E-state index >= 15 is 0 Å². The van der Waals surface area contributed by atoms with Crippen LogP contribution >= 0.6 is 0 Å². The van der Waals surface area contributed by atoms with E-state index in [1.54, 1.807) is 7.11 Å². The Bertz CT molecular complexity index is 216. The third-order valence-corrected chi connectivity index (χ3v) is 3.68. The van der Waals surface area contributed by atoms with Gasteiger partial charge >= 0.3 is 0 Å². The summed E-state index contributed by atoms with van der Waals surface area (Å²) in [7, 11) is 1.65. The minimum Gasteiger partial charge on any atom is -0.389 e. The van der Waals surface area contributed by atoms with Crippen LogP contribution in [0.1, 0.15) is 0 Å². The molecule has 3 atom stereocenters. The number of β-amino-alcohol motifs (C(OH)–C–C–N with tert-alkyl or cyclic N) is 1. The smallest absolute Gasteiger partial charge is 0.0900 e. The predicted octanol–water partition coefficient (Wildman–Crippen LogP) is -0.838. The topological polar surface area (TPSA) is 54.0 Å². The predicted molar refractivity (Wildman–Crippen MR) is 65.0 cm³/mol. The zero-order chi connectivity index (χ0) is 12.1. The van der Waals surface area contributed by atoms with E-state index in [-0.39, 0.29) is 6.10 Å². The first-order valence-corrected chi connectivity index (χ1v) is 6.47. The fourth-order valence-corrected chi connectivity index (χ4v) is 2.81. The number of fused-ring (bicyclic) bond motifs is 1. The highest BCUT2D eigenvalue weighted by Crippen LogP contribution is 2.26. The molecular weight excluding hydrogens is 220 g/mol. The fourth-order valence-electron chi connectivity index (χ4n) is 2.81. The average molecular weight is 244 g/mol. The van der Waals surface area contributed by atoms with Gasteiger partial charge in [-0.05, 0) is 24.9 Å². The third kappa shape index (κ3) is 3.89. The second kappa shape index (κ2) is 6.66. The lowest BCUT2D eigenvalue weighted by Gasteiger charge is -2.20. The number of nitrogens with zero attached hydrogens (tertiary/aromatic N) is 1. The van der Waals surface area contributed by atoms with Crippen molar-refractivity contribution in [2.75, 3.05) is 59.7 Å². The molecule has 0 radical (unpaired) electrons. The monoisotopic (exact) mass is 244 g/mol. The molecule has 2 N–H and O–H groups in total. The summed E-state index contributed by atoms with van der Waals surface area (Å²) in [5.74, 6) is 1.58. The van der Waals surface area contributed by atoms with E-state index in [2.05, 4.69) is 10.2 Å². The summed E-state index contributed by atoms with van der Waals surface area (Å²) in [6.07, 6.45) is -0.376. The van der Waals surface area contributed by atoms with Crippen LogP contribution in [0.25, 0.3) is 0 Å². The maximum atomic E-state index is 9.85. The Kier molecular flexibility index (Phi) is 5.18. The van der Waals surface area contributed by atoms with E-state index in [1.165, 1.54) is 0 Å². The zero-order valence-electron chi connectivity index (χ0n) is 10.6. The van der Waals surface area contributed by atoms with Crippen LogP contribution in [-0.2, 0) is 9.47 Å². The lowest BCUT2D eigenvalue weighted by atomic mass is 10.0. The van der Waals surface area contributed by atoms with E-state index in [0.29, 0.717) is 19.8 Å². The summed E-state index contributed by atoms with van der Waals surface area (Å²) in [6, 6.07) is 0. The summed E-state index contributed by atoms with van der Waals surface area (Å²) < 4.78 is 10.2. The second-order valence-electron chi connectivity index (χ2n) is 5.12. The Morgan fingerprint density at radius 1 is 1.29 bits per heavy atom. The van der Waals surface area contributed by atoms with Gasteiger partial charge in [-0.2, -0.15) is 0 Å². The Balaban J connectivity index is 1.58. The standard InChI is InChI=1S/C12H24N2O3/c1-16-2-3-17-9-12(15)8-14-6-10-4-13-5-11(10)7-14/h10-13,15H,2-9H2,1H3. The van der Waals surface area contributed by atoms with Gasteiger partial charge in [-0.3, -0.25) is 0 Å². The first-order valence-electron chi connectivity index (χ1n) is 6.47.